The fraction of sp³-hybridized carbons (Fsp3) is 0.368. The number of hydrogen-bond acceptors (Lipinski definition) is 5. The molecule has 1 saturated heterocycles. The highest BCUT2D eigenvalue weighted by Gasteiger charge is 2.30. The van der Waals surface area contributed by atoms with Gasteiger partial charge in [0.1, 0.15) is 18.0 Å². The van der Waals surface area contributed by atoms with Crippen molar-refractivity contribution < 1.29 is 9.84 Å². The van der Waals surface area contributed by atoms with Gasteiger partial charge in [-0.15, -0.1) is 0 Å². The van der Waals surface area contributed by atoms with Crippen LogP contribution >= 0.6 is 0 Å². The lowest BCUT2D eigenvalue weighted by molar-refractivity contribution is -0.0272. The van der Waals surface area contributed by atoms with Gasteiger partial charge < -0.3 is 14.8 Å². The predicted molar refractivity (Wildman–Crippen MR) is 95.4 cm³/mol. The minimum absolute atomic E-state index is 0.206. The van der Waals surface area contributed by atoms with Crippen molar-refractivity contribution in [1.82, 2.24) is 19.9 Å². The van der Waals surface area contributed by atoms with Gasteiger partial charge in [-0.25, -0.2) is 4.98 Å². The molecule has 6 heteroatoms. The number of H-pyrrole nitrogens is 1. The number of aliphatic hydroxyl groups excluding tert-OH is 1. The largest absolute Gasteiger partial charge is 0.487 e. The van der Waals surface area contributed by atoms with Gasteiger partial charge in [0.05, 0.1) is 17.5 Å². The van der Waals surface area contributed by atoms with E-state index in [9.17, 15) is 5.11 Å². The molecule has 0 bridgehead atoms. The molecule has 6 nitrogen and oxygen atoms in total. The number of nitrogens with zero attached hydrogens (tertiary/aromatic N) is 3. The van der Waals surface area contributed by atoms with Crippen LogP contribution in [0.3, 0.4) is 0 Å². The van der Waals surface area contributed by atoms with Crippen LogP contribution in [0.1, 0.15) is 17.8 Å². The summed E-state index contributed by atoms with van der Waals surface area (Å²) in [5.41, 5.74) is 3.02. The molecule has 0 radical (unpaired) electrons. The molecular weight excluding hydrogens is 316 g/mol. The second-order valence-electron chi connectivity index (χ2n) is 6.55. The van der Waals surface area contributed by atoms with Gasteiger partial charge in [-0.2, -0.15) is 0 Å². The normalized spacial score (nSPS) is 21.5. The van der Waals surface area contributed by atoms with Gasteiger partial charge in [-0.05, 0) is 37.6 Å². The maximum absolute atomic E-state index is 10.6. The third kappa shape index (κ3) is 3.36. The lowest BCUT2D eigenvalue weighted by Gasteiger charge is -2.35. The van der Waals surface area contributed by atoms with Crippen molar-refractivity contribution in [3.63, 3.8) is 0 Å². The third-order valence-corrected chi connectivity index (χ3v) is 4.80. The topological polar surface area (TPSA) is 74.3 Å². The third-order valence-electron chi connectivity index (χ3n) is 4.80. The molecule has 1 fully saturated rings. The number of aliphatic hydroxyl groups is 1. The molecule has 1 aliphatic rings. The summed E-state index contributed by atoms with van der Waals surface area (Å²) < 4.78 is 6.15. The van der Waals surface area contributed by atoms with E-state index in [4.69, 9.17) is 4.74 Å². The lowest BCUT2D eigenvalue weighted by Crippen LogP contribution is -2.48. The van der Waals surface area contributed by atoms with Gasteiger partial charge in [0.15, 0.2) is 0 Å². The Bertz CT molecular complexity index is 858. The quantitative estimate of drug-likeness (QED) is 0.763. The van der Waals surface area contributed by atoms with E-state index in [-0.39, 0.29) is 6.10 Å². The number of aromatic nitrogens is 3. The van der Waals surface area contributed by atoms with Gasteiger partial charge in [0.25, 0.3) is 0 Å². The van der Waals surface area contributed by atoms with Crippen LogP contribution in [-0.4, -0.2) is 50.3 Å². The molecule has 0 spiro atoms. The number of fused-ring (bicyclic) bond motifs is 1. The number of pyridine rings is 1. The highest BCUT2D eigenvalue weighted by atomic mass is 16.5. The molecule has 0 saturated carbocycles. The molecule has 1 aliphatic heterocycles. The van der Waals surface area contributed by atoms with Crippen LogP contribution in [0.15, 0.2) is 42.9 Å². The van der Waals surface area contributed by atoms with E-state index in [1.807, 2.05) is 37.3 Å². The number of nitrogens with one attached hydrogen (secondary N) is 1. The highest BCUT2D eigenvalue weighted by Crippen LogP contribution is 2.27. The Kier molecular flexibility index (Phi) is 4.38. The number of aromatic amines is 1. The first-order valence-electron chi connectivity index (χ1n) is 8.60. The van der Waals surface area contributed by atoms with E-state index < -0.39 is 6.10 Å². The molecule has 4 rings (SSSR count). The van der Waals surface area contributed by atoms with Gasteiger partial charge in [0.2, 0.25) is 0 Å². The summed E-state index contributed by atoms with van der Waals surface area (Å²) in [5.74, 6) is 0.784. The van der Waals surface area contributed by atoms with Crippen LogP contribution in [0.5, 0.6) is 5.75 Å². The summed E-state index contributed by atoms with van der Waals surface area (Å²) in [7, 11) is 0. The molecule has 0 unspecified atom stereocenters. The molecule has 3 heterocycles. The monoisotopic (exact) mass is 338 g/mol. The summed E-state index contributed by atoms with van der Waals surface area (Å²) in [6.45, 7) is 4.22. The second-order valence-corrected chi connectivity index (χ2v) is 6.55. The van der Waals surface area contributed by atoms with E-state index in [1.54, 1.807) is 12.5 Å². The number of hydrogen-bond donors (Lipinski definition) is 2. The Hall–Kier alpha value is -2.44. The van der Waals surface area contributed by atoms with E-state index in [1.165, 1.54) is 0 Å². The van der Waals surface area contributed by atoms with E-state index >= 15 is 0 Å². The molecule has 2 atom stereocenters. The molecule has 2 N–H and O–H groups in total. The first-order chi connectivity index (χ1) is 12.2. The van der Waals surface area contributed by atoms with Crippen molar-refractivity contribution in [2.75, 3.05) is 13.1 Å². The number of ether oxygens (including phenoxy) is 1. The first kappa shape index (κ1) is 16.1. The fourth-order valence-electron chi connectivity index (χ4n) is 3.36. The molecular formula is C19H22N4O2. The summed E-state index contributed by atoms with van der Waals surface area (Å²) in [6, 6.07) is 9.75. The summed E-state index contributed by atoms with van der Waals surface area (Å²) in [4.78, 5) is 14.0. The van der Waals surface area contributed by atoms with Gasteiger partial charge >= 0.3 is 0 Å². The average molecular weight is 338 g/mol. The smallest absolute Gasteiger partial charge is 0.129 e. The predicted octanol–water partition coefficient (Wildman–Crippen LogP) is 2.28. The molecule has 2 aromatic heterocycles. The molecule has 0 aliphatic carbocycles. The lowest BCUT2D eigenvalue weighted by atomic mass is 10.0. The van der Waals surface area contributed by atoms with E-state index in [0.717, 1.165) is 47.6 Å². The Morgan fingerprint density at radius 2 is 2.20 bits per heavy atom. The zero-order chi connectivity index (χ0) is 17.2. The number of aryl methyl sites for hydroxylation is 1. The first-order valence-corrected chi connectivity index (χ1v) is 8.60. The molecule has 25 heavy (non-hydrogen) atoms. The van der Waals surface area contributed by atoms with Crippen molar-refractivity contribution in [1.29, 1.82) is 0 Å². The Morgan fingerprint density at radius 3 is 3.00 bits per heavy atom. The number of likely N-dealkylation sites (tertiary alicyclic amines) is 1. The standard InChI is InChI=1S/C19H22N4O2/c1-13-16(22-12-21-13)10-23-9-7-19(17(24)11-23)25-18-6-2-5-15-14(18)4-3-8-20-15/h2-6,8,12,17,19,24H,7,9-11H2,1H3,(H,21,22)/t17-,19-/m1/s1. The van der Waals surface area contributed by atoms with E-state index in [2.05, 4.69) is 19.9 Å². The van der Waals surface area contributed by atoms with Gasteiger partial charge in [-0.3, -0.25) is 9.88 Å². The van der Waals surface area contributed by atoms with Crippen LogP contribution < -0.4 is 4.74 Å². The molecule has 130 valence electrons. The Morgan fingerprint density at radius 1 is 1.28 bits per heavy atom. The van der Waals surface area contributed by atoms with Crippen molar-refractivity contribution >= 4 is 10.9 Å². The number of imidazole rings is 1. The zero-order valence-corrected chi connectivity index (χ0v) is 14.2. The van der Waals surface area contributed by atoms with Gasteiger partial charge in [0, 0.05) is 36.9 Å². The van der Waals surface area contributed by atoms with Crippen molar-refractivity contribution in [2.45, 2.75) is 32.1 Å². The van der Waals surface area contributed by atoms with Crippen molar-refractivity contribution in [2.24, 2.45) is 0 Å². The van der Waals surface area contributed by atoms with Crippen LogP contribution in [0.4, 0.5) is 0 Å². The SMILES string of the molecule is Cc1[nH]cnc1CN1CC[C@@H](Oc2cccc3ncccc23)[C@H](O)C1. The van der Waals surface area contributed by atoms with Crippen LogP contribution in [0, 0.1) is 6.92 Å². The summed E-state index contributed by atoms with van der Waals surface area (Å²) in [6.07, 6.45) is 3.53. The van der Waals surface area contributed by atoms with Crippen molar-refractivity contribution in [3.05, 3.63) is 54.2 Å². The maximum atomic E-state index is 10.6. The molecule has 1 aromatic carbocycles. The fourth-order valence-corrected chi connectivity index (χ4v) is 3.36. The molecule has 3 aromatic rings. The Labute approximate surface area is 146 Å². The summed E-state index contributed by atoms with van der Waals surface area (Å²) >= 11 is 0. The highest BCUT2D eigenvalue weighted by molar-refractivity contribution is 5.84. The van der Waals surface area contributed by atoms with Crippen molar-refractivity contribution in [3.8, 4) is 5.75 Å². The minimum atomic E-state index is -0.528. The Balaban J connectivity index is 1.44. The average Bonchev–Trinajstić information content (AvgIpc) is 3.02. The maximum Gasteiger partial charge on any atom is 0.129 e. The zero-order valence-electron chi connectivity index (χ0n) is 14.2. The number of β-amino-alcohol motifs (C(OH)–C–C–N with tert-alkyl or cyclic N) is 1. The molecule has 0 amide bonds. The van der Waals surface area contributed by atoms with Crippen LogP contribution in [-0.2, 0) is 6.54 Å². The second kappa shape index (κ2) is 6.82. The number of benzene rings is 1. The summed E-state index contributed by atoms with van der Waals surface area (Å²) in [5, 5.41) is 11.5. The van der Waals surface area contributed by atoms with Gasteiger partial charge in [-0.1, -0.05) is 6.07 Å². The number of piperidine rings is 1. The number of rotatable bonds is 4. The minimum Gasteiger partial charge on any atom is -0.487 e. The van der Waals surface area contributed by atoms with Crippen LogP contribution in [0.25, 0.3) is 10.9 Å². The van der Waals surface area contributed by atoms with E-state index in [0.29, 0.717) is 6.54 Å². The van der Waals surface area contributed by atoms with Crippen LogP contribution in [0.2, 0.25) is 0 Å².